The van der Waals surface area contributed by atoms with Crippen molar-refractivity contribution in [2.24, 2.45) is 0 Å². The van der Waals surface area contributed by atoms with Gasteiger partial charge in [-0.15, -0.1) is 0 Å². The Hall–Kier alpha value is -1.29. The number of hydrogen-bond acceptors (Lipinski definition) is 4. The van der Waals surface area contributed by atoms with Gasteiger partial charge in [0.1, 0.15) is 5.82 Å². The van der Waals surface area contributed by atoms with E-state index < -0.39 is 0 Å². The van der Waals surface area contributed by atoms with Crippen LogP contribution in [0.1, 0.15) is 25.5 Å². The highest BCUT2D eigenvalue weighted by atomic mass is 16.5. The van der Waals surface area contributed by atoms with Crippen LogP contribution in [0.3, 0.4) is 0 Å². The summed E-state index contributed by atoms with van der Waals surface area (Å²) in [5.41, 5.74) is 7.27. The Bertz CT molecular complexity index is 373. The minimum Gasteiger partial charge on any atom is -0.397 e. The van der Waals surface area contributed by atoms with Crippen molar-refractivity contribution in [3.8, 4) is 0 Å². The lowest BCUT2D eigenvalue weighted by atomic mass is 10.0. The molecule has 0 aromatic carbocycles. The summed E-state index contributed by atoms with van der Waals surface area (Å²) in [5.74, 6) is 0.864. The van der Waals surface area contributed by atoms with Gasteiger partial charge in [0.25, 0.3) is 0 Å². The van der Waals surface area contributed by atoms with Crippen molar-refractivity contribution in [1.29, 1.82) is 0 Å². The maximum absolute atomic E-state index is 5.72. The van der Waals surface area contributed by atoms with Crippen LogP contribution in [0.5, 0.6) is 0 Å². The highest BCUT2D eigenvalue weighted by Gasteiger charge is 2.29. The zero-order valence-corrected chi connectivity index (χ0v) is 9.92. The number of rotatable bonds is 3. The molecule has 1 atom stereocenters. The summed E-state index contributed by atoms with van der Waals surface area (Å²) < 4.78 is 5.70. The molecule has 0 spiro atoms. The molecule has 4 heteroatoms. The van der Waals surface area contributed by atoms with Gasteiger partial charge < -0.3 is 15.8 Å². The Morgan fingerprint density at radius 1 is 1.56 bits per heavy atom. The van der Waals surface area contributed by atoms with E-state index in [1.54, 1.807) is 0 Å². The molecule has 4 nitrogen and oxygen atoms in total. The van der Waals surface area contributed by atoms with Gasteiger partial charge >= 0.3 is 0 Å². The number of pyridine rings is 1. The summed E-state index contributed by atoms with van der Waals surface area (Å²) in [6, 6.07) is 3.78. The molecular weight excluding hydrogens is 202 g/mol. The second kappa shape index (κ2) is 4.29. The lowest BCUT2D eigenvalue weighted by Gasteiger charge is -2.23. The monoisotopic (exact) mass is 221 g/mol. The highest BCUT2D eigenvalue weighted by Crippen LogP contribution is 2.25. The molecule has 1 aromatic heterocycles. The van der Waals surface area contributed by atoms with Crippen LogP contribution in [0.2, 0.25) is 0 Å². The van der Waals surface area contributed by atoms with Gasteiger partial charge in [0.15, 0.2) is 0 Å². The number of anilines is 2. The quantitative estimate of drug-likeness (QED) is 0.819. The molecule has 16 heavy (non-hydrogen) atoms. The first-order valence-corrected chi connectivity index (χ1v) is 5.70. The van der Waals surface area contributed by atoms with E-state index in [4.69, 9.17) is 10.5 Å². The predicted octanol–water partition coefficient (Wildman–Crippen LogP) is 1.95. The van der Waals surface area contributed by atoms with Crippen LogP contribution < -0.4 is 11.1 Å². The van der Waals surface area contributed by atoms with Crippen LogP contribution >= 0.6 is 0 Å². The van der Waals surface area contributed by atoms with Gasteiger partial charge in [-0.05, 0) is 38.8 Å². The minimum atomic E-state index is -0.0447. The largest absolute Gasteiger partial charge is 0.397 e. The number of nitrogens with zero attached hydrogens (tertiary/aromatic N) is 1. The third-order valence-corrected chi connectivity index (χ3v) is 3.07. The third kappa shape index (κ3) is 2.44. The zero-order chi connectivity index (χ0) is 11.6. The average Bonchev–Trinajstić information content (AvgIpc) is 2.68. The van der Waals surface area contributed by atoms with E-state index in [9.17, 15) is 0 Å². The number of aromatic nitrogens is 1. The fourth-order valence-electron chi connectivity index (χ4n) is 1.92. The topological polar surface area (TPSA) is 60.2 Å². The molecular formula is C12H19N3O. The van der Waals surface area contributed by atoms with Gasteiger partial charge in [-0.2, -0.15) is 0 Å². The molecule has 1 unspecified atom stereocenters. The average molecular weight is 221 g/mol. The van der Waals surface area contributed by atoms with Crippen molar-refractivity contribution in [2.45, 2.75) is 32.3 Å². The van der Waals surface area contributed by atoms with Crippen LogP contribution in [0.15, 0.2) is 12.1 Å². The molecule has 0 saturated carbocycles. The van der Waals surface area contributed by atoms with E-state index >= 15 is 0 Å². The molecule has 1 aliphatic heterocycles. The van der Waals surface area contributed by atoms with Crippen molar-refractivity contribution < 1.29 is 4.74 Å². The van der Waals surface area contributed by atoms with Gasteiger partial charge in [-0.1, -0.05) is 0 Å². The smallest absolute Gasteiger partial charge is 0.126 e. The molecule has 88 valence electrons. The van der Waals surface area contributed by atoms with Crippen molar-refractivity contribution >= 4 is 11.5 Å². The summed E-state index contributed by atoms with van der Waals surface area (Å²) in [6.45, 7) is 5.71. The second-order valence-electron chi connectivity index (χ2n) is 4.63. The Morgan fingerprint density at radius 2 is 2.38 bits per heavy atom. The summed E-state index contributed by atoms with van der Waals surface area (Å²) in [4.78, 5) is 4.37. The van der Waals surface area contributed by atoms with Crippen molar-refractivity contribution in [3.63, 3.8) is 0 Å². The first-order valence-electron chi connectivity index (χ1n) is 5.70. The van der Waals surface area contributed by atoms with E-state index in [2.05, 4.69) is 17.2 Å². The molecule has 3 N–H and O–H groups in total. The number of nitrogen functional groups attached to an aromatic ring is 1. The molecule has 1 fully saturated rings. The number of ether oxygens (including phenoxy) is 1. The maximum Gasteiger partial charge on any atom is 0.126 e. The summed E-state index contributed by atoms with van der Waals surface area (Å²) in [6.07, 6.45) is 2.25. The summed E-state index contributed by atoms with van der Waals surface area (Å²) in [7, 11) is 0. The van der Waals surface area contributed by atoms with Gasteiger partial charge in [0.2, 0.25) is 0 Å². The van der Waals surface area contributed by atoms with Crippen molar-refractivity contribution in [2.75, 3.05) is 24.2 Å². The summed E-state index contributed by atoms with van der Waals surface area (Å²) >= 11 is 0. The number of nitrogens with one attached hydrogen (secondary N) is 1. The zero-order valence-electron chi connectivity index (χ0n) is 9.92. The molecule has 1 aliphatic rings. The Kier molecular flexibility index (Phi) is 3.01. The molecule has 1 aromatic rings. The Labute approximate surface area is 96.2 Å². The van der Waals surface area contributed by atoms with Crippen LogP contribution in [0.4, 0.5) is 11.5 Å². The fraction of sp³-hybridized carbons (Fsp3) is 0.583. The minimum absolute atomic E-state index is 0.0447. The fourth-order valence-corrected chi connectivity index (χ4v) is 1.92. The molecule has 0 amide bonds. The lowest BCUT2D eigenvalue weighted by molar-refractivity contribution is 0.0315. The van der Waals surface area contributed by atoms with Crippen LogP contribution in [-0.2, 0) is 4.74 Å². The van der Waals surface area contributed by atoms with Gasteiger partial charge in [-0.3, -0.25) is 0 Å². The first kappa shape index (κ1) is 11.2. The van der Waals surface area contributed by atoms with E-state index in [1.807, 2.05) is 19.1 Å². The Balaban J connectivity index is 1.96. The van der Waals surface area contributed by atoms with E-state index in [-0.39, 0.29) is 5.60 Å². The normalized spacial score (nSPS) is 24.6. The van der Waals surface area contributed by atoms with E-state index in [0.717, 1.165) is 43.2 Å². The second-order valence-corrected chi connectivity index (χ2v) is 4.63. The van der Waals surface area contributed by atoms with E-state index in [1.165, 1.54) is 0 Å². The molecule has 1 saturated heterocycles. The van der Waals surface area contributed by atoms with Gasteiger partial charge in [0.05, 0.1) is 17.0 Å². The SMILES string of the molecule is Cc1nc(NCC2(C)CCCO2)ccc1N. The molecule has 0 aliphatic carbocycles. The van der Waals surface area contributed by atoms with E-state index in [0.29, 0.717) is 0 Å². The molecule has 2 rings (SSSR count). The van der Waals surface area contributed by atoms with Crippen LogP contribution in [-0.4, -0.2) is 23.7 Å². The van der Waals surface area contributed by atoms with Crippen molar-refractivity contribution in [3.05, 3.63) is 17.8 Å². The molecule has 0 bridgehead atoms. The predicted molar refractivity (Wildman–Crippen MR) is 65.5 cm³/mol. The summed E-state index contributed by atoms with van der Waals surface area (Å²) in [5, 5.41) is 3.30. The first-order chi connectivity index (χ1) is 7.59. The number of hydrogen-bond donors (Lipinski definition) is 2. The standard InChI is InChI=1S/C12H19N3O/c1-9-10(13)4-5-11(15-9)14-8-12(2)6-3-7-16-12/h4-5H,3,6-8,13H2,1-2H3,(H,14,15). The third-order valence-electron chi connectivity index (χ3n) is 3.07. The van der Waals surface area contributed by atoms with Crippen LogP contribution in [0.25, 0.3) is 0 Å². The van der Waals surface area contributed by atoms with Gasteiger partial charge in [-0.25, -0.2) is 4.98 Å². The number of nitrogens with two attached hydrogens (primary N) is 1. The number of aryl methyl sites for hydroxylation is 1. The van der Waals surface area contributed by atoms with Crippen molar-refractivity contribution in [1.82, 2.24) is 4.98 Å². The lowest BCUT2D eigenvalue weighted by Crippen LogP contribution is -2.32. The molecule has 2 heterocycles. The van der Waals surface area contributed by atoms with Gasteiger partial charge in [0, 0.05) is 13.2 Å². The Morgan fingerprint density at radius 3 is 3.00 bits per heavy atom. The van der Waals surface area contributed by atoms with Crippen LogP contribution in [0, 0.1) is 6.92 Å². The highest BCUT2D eigenvalue weighted by molar-refractivity contribution is 5.49. The maximum atomic E-state index is 5.72. The molecule has 0 radical (unpaired) electrons.